The summed E-state index contributed by atoms with van der Waals surface area (Å²) in [5.41, 5.74) is 0.913. The van der Waals surface area contributed by atoms with E-state index < -0.39 is 17.9 Å². The largest absolute Gasteiger partial charge is 0.461 e. The molecule has 5 nitrogen and oxygen atoms in total. The van der Waals surface area contributed by atoms with Crippen LogP contribution in [0.15, 0.2) is 30.3 Å². The highest BCUT2D eigenvalue weighted by Crippen LogP contribution is 2.20. The number of hydrogen-bond donors (Lipinski definition) is 1. The molecule has 1 N–H and O–H groups in total. The zero-order valence-electron chi connectivity index (χ0n) is 28.5. The molecule has 0 fully saturated rings. The molecule has 0 aromatic heterocycles. The van der Waals surface area contributed by atoms with Gasteiger partial charge in [-0.2, -0.15) is 0 Å². The molecule has 1 rings (SSSR count). The van der Waals surface area contributed by atoms with Crippen molar-refractivity contribution in [3.8, 4) is 0 Å². The van der Waals surface area contributed by atoms with Crippen LogP contribution in [0.5, 0.6) is 0 Å². The topological polar surface area (TPSA) is 72.5 Å². The number of nitrogens with one attached hydrogen (secondary N) is 1. The molecule has 0 saturated carbocycles. The van der Waals surface area contributed by atoms with Crippen LogP contribution in [-0.2, 0) is 25.7 Å². The van der Waals surface area contributed by atoms with Crippen LogP contribution in [0.25, 0.3) is 0 Å². The number of ether oxygens (including phenoxy) is 1. The summed E-state index contributed by atoms with van der Waals surface area (Å²) in [5, 5.41) is 2.99. The summed E-state index contributed by atoms with van der Waals surface area (Å²) in [7, 11) is 0. The van der Waals surface area contributed by atoms with Gasteiger partial charge < -0.3 is 10.1 Å². The highest BCUT2D eigenvalue weighted by Gasteiger charge is 2.30. The van der Waals surface area contributed by atoms with Crippen molar-refractivity contribution in [2.75, 3.05) is 0 Å². The lowest BCUT2D eigenvalue weighted by Gasteiger charge is -2.26. The number of benzene rings is 1. The monoisotopic (exact) mass is 599 g/mol. The highest BCUT2D eigenvalue weighted by molar-refractivity contribution is 5.91. The number of carbonyl (C=O) groups excluding carboxylic acids is 3. The number of ketones is 1. The zero-order valence-corrected chi connectivity index (χ0v) is 28.5. The van der Waals surface area contributed by atoms with Crippen LogP contribution in [0.4, 0.5) is 0 Å². The van der Waals surface area contributed by atoms with Crippen molar-refractivity contribution in [1.82, 2.24) is 5.32 Å². The molecule has 0 spiro atoms. The molecule has 1 amide bonds. The Morgan fingerprint density at radius 1 is 0.651 bits per heavy atom. The van der Waals surface area contributed by atoms with Crippen molar-refractivity contribution in [2.45, 2.75) is 169 Å². The minimum atomic E-state index is -0.530. The van der Waals surface area contributed by atoms with Gasteiger partial charge >= 0.3 is 5.97 Å². The maximum absolute atomic E-state index is 13.2. The molecule has 0 aliphatic carbocycles. The van der Waals surface area contributed by atoms with Gasteiger partial charge in [0.2, 0.25) is 5.91 Å². The van der Waals surface area contributed by atoms with Crippen LogP contribution in [0, 0.1) is 17.8 Å². The van der Waals surface area contributed by atoms with Gasteiger partial charge in [0.15, 0.2) is 5.78 Å². The zero-order chi connectivity index (χ0) is 31.7. The predicted molar refractivity (Wildman–Crippen MR) is 180 cm³/mol. The van der Waals surface area contributed by atoms with E-state index in [1.165, 1.54) is 96.3 Å². The smallest absolute Gasteiger partial charge is 0.306 e. The lowest BCUT2D eigenvalue weighted by molar-refractivity contribution is -0.149. The average Bonchev–Trinajstić information content (AvgIpc) is 2.99. The fraction of sp³-hybridized carbons (Fsp3) is 0.763. The molecule has 246 valence electrons. The van der Waals surface area contributed by atoms with E-state index in [9.17, 15) is 14.4 Å². The average molecular weight is 600 g/mol. The van der Waals surface area contributed by atoms with E-state index >= 15 is 0 Å². The molecule has 5 heteroatoms. The summed E-state index contributed by atoms with van der Waals surface area (Å²) in [6, 6.07) is 9.00. The van der Waals surface area contributed by atoms with E-state index in [1.54, 1.807) is 0 Å². The van der Waals surface area contributed by atoms with Gasteiger partial charge in [-0.1, -0.05) is 168 Å². The Bertz CT molecular complexity index is 851. The molecular formula is C38H65NO4. The van der Waals surface area contributed by atoms with Crippen LogP contribution in [0.3, 0.4) is 0 Å². The van der Waals surface area contributed by atoms with E-state index in [0.29, 0.717) is 6.42 Å². The van der Waals surface area contributed by atoms with Crippen LogP contribution in [0.2, 0.25) is 0 Å². The van der Waals surface area contributed by atoms with Crippen molar-refractivity contribution < 1.29 is 19.1 Å². The van der Waals surface area contributed by atoms with E-state index in [-0.39, 0.29) is 36.6 Å². The molecule has 0 aliphatic heterocycles. The molecule has 0 unspecified atom stereocenters. The number of unbranched alkanes of at least 4 members (excludes halogenated alkanes) is 16. The van der Waals surface area contributed by atoms with Gasteiger partial charge in [-0.25, -0.2) is 0 Å². The molecule has 0 heterocycles. The molecular weight excluding hydrogens is 534 g/mol. The summed E-state index contributed by atoms with van der Waals surface area (Å²) >= 11 is 0. The van der Waals surface area contributed by atoms with Gasteiger partial charge in [-0.05, 0) is 23.8 Å². The van der Waals surface area contributed by atoms with Crippen LogP contribution in [-0.4, -0.2) is 23.7 Å². The SMILES string of the molecule is CCCCCCCCCCCCCCCCCCCC(=O)[C@@H](NC(=O)[C@@H](CC(=O)OCc1ccccc1)C(C)C)C(C)C. The fourth-order valence-corrected chi connectivity index (χ4v) is 5.67. The Morgan fingerprint density at radius 3 is 1.56 bits per heavy atom. The Balaban J connectivity index is 2.21. The lowest BCUT2D eigenvalue weighted by atomic mass is 9.89. The first-order valence-corrected chi connectivity index (χ1v) is 17.8. The Kier molecular flexibility index (Phi) is 22.8. The molecule has 0 radical (unpaired) electrons. The summed E-state index contributed by atoms with van der Waals surface area (Å²) in [6.07, 6.45) is 22.8. The molecule has 0 saturated heterocycles. The third kappa shape index (κ3) is 19.7. The summed E-state index contributed by atoms with van der Waals surface area (Å²) in [4.78, 5) is 38.7. The third-order valence-corrected chi connectivity index (χ3v) is 8.61. The molecule has 2 atom stereocenters. The predicted octanol–water partition coefficient (Wildman–Crippen LogP) is 10.1. The van der Waals surface area contributed by atoms with Crippen LogP contribution < -0.4 is 5.32 Å². The summed E-state index contributed by atoms with van der Waals surface area (Å²) < 4.78 is 5.42. The van der Waals surface area contributed by atoms with E-state index in [4.69, 9.17) is 4.74 Å². The second kappa shape index (κ2) is 25.2. The van der Waals surface area contributed by atoms with Crippen molar-refractivity contribution in [3.05, 3.63) is 35.9 Å². The lowest BCUT2D eigenvalue weighted by Crippen LogP contribution is -2.48. The van der Waals surface area contributed by atoms with Gasteiger partial charge in [0.05, 0.1) is 18.4 Å². The Morgan fingerprint density at radius 2 is 1.12 bits per heavy atom. The first-order valence-electron chi connectivity index (χ1n) is 17.8. The molecule has 0 aliphatic rings. The van der Waals surface area contributed by atoms with Crippen molar-refractivity contribution in [1.29, 1.82) is 0 Å². The first kappa shape index (κ1) is 38.9. The molecule has 43 heavy (non-hydrogen) atoms. The quantitative estimate of drug-likeness (QED) is 0.0806. The Hall–Kier alpha value is -2.17. The number of rotatable bonds is 27. The summed E-state index contributed by atoms with van der Waals surface area (Å²) in [5.74, 6) is -1.11. The molecule has 0 bridgehead atoms. The van der Waals surface area contributed by atoms with Crippen molar-refractivity contribution in [2.24, 2.45) is 17.8 Å². The first-order chi connectivity index (χ1) is 20.8. The number of Topliss-reactive ketones (excluding diaryl/α,β-unsaturated/α-hetero) is 1. The number of carbonyl (C=O) groups is 3. The third-order valence-electron chi connectivity index (χ3n) is 8.61. The van der Waals surface area contributed by atoms with Crippen LogP contribution >= 0.6 is 0 Å². The Labute approximate surface area is 264 Å². The van der Waals surface area contributed by atoms with E-state index in [2.05, 4.69) is 12.2 Å². The number of hydrogen-bond acceptors (Lipinski definition) is 4. The fourth-order valence-electron chi connectivity index (χ4n) is 5.67. The van der Waals surface area contributed by atoms with Crippen molar-refractivity contribution >= 4 is 17.7 Å². The second-order valence-electron chi connectivity index (χ2n) is 13.3. The van der Waals surface area contributed by atoms with E-state index in [1.807, 2.05) is 58.0 Å². The maximum atomic E-state index is 13.2. The second-order valence-corrected chi connectivity index (χ2v) is 13.3. The minimum Gasteiger partial charge on any atom is -0.461 e. The standard InChI is InChI=1S/C38H65NO4/c1-6-7-8-9-10-11-12-13-14-15-16-17-18-19-20-21-25-28-35(40)37(32(4)5)39-38(42)34(31(2)3)29-36(41)43-30-33-26-23-22-24-27-33/h22-24,26-27,31-32,34,37H,6-21,25,28-30H2,1-5H3,(H,39,42)/t34-,37-/m0/s1. The molecule has 1 aromatic rings. The van der Waals surface area contributed by atoms with Crippen molar-refractivity contribution in [3.63, 3.8) is 0 Å². The van der Waals surface area contributed by atoms with Gasteiger partial charge in [-0.3, -0.25) is 14.4 Å². The number of esters is 1. The van der Waals surface area contributed by atoms with Crippen LogP contribution in [0.1, 0.15) is 162 Å². The normalized spacial score (nSPS) is 12.8. The van der Waals surface area contributed by atoms with Gasteiger partial charge in [-0.15, -0.1) is 0 Å². The van der Waals surface area contributed by atoms with Gasteiger partial charge in [0.25, 0.3) is 0 Å². The van der Waals surface area contributed by atoms with Gasteiger partial charge in [0, 0.05) is 6.42 Å². The summed E-state index contributed by atoms with van der Waals surface area (Å²) in [6.45, 7) is 10.3. The minimum absolute atomic E-state index is 0.0000826. The van der Waals surface area contributed by atoms with Gasteiger partial charge in [0.1, 0.15) is 6.61 Å². The molecule has 1 aromatic carbocycles. The maximum Gasteiger partial charge on any atom is 0.306 e. The number of amides is 1. The van der Waals surface area contributed by atoms with E-state index in [0.717, 1.165) is 18.4 Å². The highest BCUT2D eigenvalue weighted by atomic mass is 16.5.